The summed E-state index contributed by atoms with van der Waals surface area (Å²) < 4.78 is 54.3. The van der Waals surface area contributed by atoms with Gasteiger partial charge in [0.15, 0.2) is 11.6 Å². The SMILES string of the molecule is CC(C)S(=O)(=O)NC1CCCC1c1ccc(NC(=O)c2cccc(F)c2F)cc1. The van der Waals surface area contributed by atoms with Crippen molar-refractivity contribution in [1.82, 2.24) is 4.72 Å². The van der Waals surface area contributed by atoms with Crippen molar-refractivity contribution in [2.24, 2.45) is 0 Å². The molecule has 2 aromatic carbocycles. The third kappa shape index (κ3) is 4.82. The number of carbonyl (C=O) groups excluding carboxylic acids is 1. The number of carbonyl (C=O) groups is 1. The Morgan fingerprint density at radius 3 is 2.41 bits per heavy atom. The predicted molar refractivity (Wildman–Crippen MR) is 108 cm³/mol. The van der Waals surface area contributed by atoms with Crippen molar-refractivity contribution in [3.63, 3.8) is 0 Å². The molecule has 1 aliphatic carbocycles. The molecule has 2 atom stereocenters. The van der Waals surface area contributed by atoms with Crippen LogP contribution >= 0.6 is 0 Å². The van der Waals surface area contributed by atoms with Gasteiger partial charge >= 0.3 is 0 Å². The fraction of sp³-hybridized carbons (Fsp3) is 0.381. The summed E-state index contributed by atoms with van der Waals surface area (Å²) in [6, 6.07) is 10.3. The summed E-state index contributed by atoms with van der Waals surface area (Å²) in [4.78, 5) is 12.2. The number of benzene rings is 2. The summed E-state index contributed by atoms with van der Waals surface area (Å²) in [5, 5.41) is 2.06. The molecule has 156 valence electrons. The van der Waals surface area contributed by atoms with E-state index in [0.29, 0.717) is 5.69 Å². The van der Waals surface area contributed by atoms with Crippen LogP contribution in [0.2, 0.25) is 0 Å². The summed E-state index contributed by atoms with van der Waals surface area (Å²) >= 11 is 0. The van der Waals surface area contributed by atoms with Crippen LogP contribution in [0.1, 0.15) is 54.9 Å². The number of hydrogen-bond acceptors (Lipinski definition) is 3. The largest absolute Gasteiger partial charge is 0.322 e. The number of amides is 1. The minimum Gasteiger partial charge on any atom is -0.322 e. The van der Waals surface area contributed by atoms with E-state index in [1.807, 2.05) is 12.1 Å². The third-order valence-electron chi connectivity index (χ3n) is 5.25. The number of sulfonamides is 1. The highest BCUT2D eigenvalue weighted by Crippen LogP contribution is 2.35. The smallest absolute Gasteiger partial charge is 0.258 e. The average molecular weight is 422 g/mol. The van der Waals surface area contributed by atoms with Crippen LogP contribution < -0.4 is 10.0 Å². The van der Waals surface area contributed by atoms with E-state index in [2.05, 4.69) is 10.0 Å². The summed E-state index contributed by atoms with van der Waals surface area (Å²) in [5.74, 6) is -2.95. The van der Waals surface area contributed by atoms with Crippen LogP contribution in [0.5, 0.6) is 0 Å². The van der Waals surface area contributed by atoms with Gasteiger partial charge in [0.2, 0.25) is 10.0 Å². The Kier molecular flexibility index (Phi) is 6.33. The fourth-order valence-electron chi connectivity index (χ4n) is 3.54. The molecule has 1 saturated carbocycles. The second kappa shape index (κ2) is 8.59. The minimum atomic E-state index is -3.36. The van der Waals surface area contributed by atoms with Gasteiger partial charge in [-0.2, -0.15) is 0 Å². The molecule has 0 aliphatic heterocycles. The molecule has 0 spiro atoms. The van der Waals surface area contributed by atoms with Crippen molar-refractivity contribution in [2.45, 2.75) is 50.3 Å². The maximum absolute atomic E-state index is 13.8. The second-order valence-electron chi connectivity index (χ2n) is 7.53. The van der Waals surface area contributed by atoms with Crippen LogP contribution in [0, 0.1) is 11.6 Å². The van der Waals surface area contributed by atoms with Crippen LogP contribution in [0.4, 0.5) is 14.5 Å². The Balaban J connectivity index is 1.71. The van der Waals surface area contributed by atoms with E-state index in [1.165, 1.54) is 12.1 Å². The zero-order valence-corrected chi connectivity index (χ0v) is 17.1. The van der Waals surface area contributed by atoms with E-state index in [1.54, 1.807) is 26.0 Å². The van der Waals surface area contributed by atoms with Crippen LogP contribution in [0.25, 0.3) is 0 Å². The summed E-state index contributed by atoms with van der Waals surface area (Å²) in [6.45, 7) is 3.29. The first-order valence-corrected chi connectivity index (χ1v) is 11.1. The van der Waals surface area contributed by atoms with E-state index >= 15 is 0 Å². The van der Waals surface area contributed by atoms with Crippen LogP contribution in [0.15, 0.2) is 42.5 Å². The average Bonchev–Trinajstić information content (AvgIpc) is 3.11. The molecule has 1 aliphatic rings. The first kappa shape index (κ1) is 21.4. The molecule has 3 rings (SSSR count). The van der Waals surface area contributed by atoms with E-state index in [4.69, 9.17) is 0 Å². The van der Waals surface area contributed by atoms with Crippen molar-refractivity contribution in [3.8, 4) is 0 Å². The molecule has 8 heteroatoms. The molecule has 29 heavy (non-hydrogen) atoms. The molecule has 0 bridgehead atoms. The van der Waals surface area contributed by atoms with E-state index in [9.17, 15) is 22.0 Å². The van der Waals surface area contributed by atoms with Crippen molar-refractivity contribution in [1.29, 1.82) is 0 Å². The lowest BCUT2D eigenvalue weighted by Crippen LogP contribution is -2.40. The second-order valence-corrected chi connectivity index (χ2v) is 9.80. The Bertz CT molecular complexity index is 991. The van der Waals surface area contributed by atoms with Gasteiger partial charge in [0.1, 0.15) is 0 Å². The van der Waals surface area contributed by atoms with E-state index < -0.39 is 32.8 Å². The standard InChI is InChI=1S/C21H24F2N2O3S/c1-13(2)29(27,28)25-19-8-4-5-16(19)14-9-11-15(12-10-14)24-21(26)17-6-3-7-18(22)20(17)23/h3,6-7,9-13,16,19,25H,4-5,8H2,1-2H3,(H,24,26). The maximum atomic E-state index is 13.8. The molecule has 0 radical (unpaired) electrons. The zero-order chi connectivity index (χ0) is 21.2. The zero-order valence-electron chi connectivity index (χ0n) is 16.3. The maximum Gasteiger partial charge on any atom is 0.258 e. The van der Waals surface area contributed by atoms with Gasteiger partial charge in [0.25, 0.3) is 5.91 Å². The number of hydrogen-bond donors (Lipinski definition) is 2. The molecule has 2 aromatic rings. The molecule has 0 aromatic heterocycles. The monoisotopic (exact) mass is 422 g/mol. The Morgan fingerprint density at radius 1 is 1.07 bits per heavy atom. The molecule has 0 heterocycles. The quantitative estimate of drug-likeness (QED) is 0.733. The summed E-state index contributed by atoms with van der Waals surface area (Å²) in [6.07, 6.45) is 2.56. The highest BCUT2D eigenvalue weighted by molar-refractivity contribution is 7.90. The van der Waals surface area contributed by atoms with Gasteiger partial charge in [-0.1, -0.05) is 24.6 Å². The summed E-state index contributed by atoms with van der Waals surface area (Å²) in [5.41, 5.74) is 1.04. The van der Waals surface area contributed by atoms with Gasteiger partial charge in [-0.05, 0) is 56.5 Å². The van der Waals surface area contributed by atoms with Crippen LogP contribution in [-0.4, -0.2) is 25.6 Å². The Morgan fingerprint density at radius 2 is 1.76 bits per heavy atom. The highest BCUT2D eigenvalue weighted by Gasteiger charge is 2.32. The number of anilines is 1. The van der Waals surface area contributed by atoms with Gasteiger partial charge in [0, 0.05) is 17.6 Å². The third-order valence-corrected chi connectivity index (χ3v) is 7.12. The fourth-order valence-corrected chi connectivity index (χ4v) is 4.51. The lowest BCUT2D eigenvalue weighted by atomic mass is 9.94. The van der Waals surface area contributed by atoms with Gasteiger partial charge < -0.3 is 5.32 Å². The molecule has 1 amide bonds. The molecular formula is C21H24F2N2O3S. The first-order chi connectivity index (χ1) is 13.7. The normalized spacial score (nSPS) is 19.5. The Labute approximate surface area is 169 Å². The van der Waals surface area contributed by atoms with Gasteiger partial charge in [-0.25, -0.2) is 21.9 Å². The van der Waals surface area contributed by atoms with Crippen LogP contribution in [0.3, 0.4) is 0 Å². The lowest BCUT2D eigenvalue weighted by molar-refractivity contribution is 0.102. The molecule has 1 fully saturated rings. The topological polar surface area (TPSA) is 75.3 Å². The number of rotatable bonds is 6. The van der Waals surface area contributed by atoms with Crippen molar-refractivity contribution in [2.75, 3.05) is 5.32 Å². The number of nitrogens with one attached hydrogen (secondary N) is 2. The van der Waals surface area contributed by atoms with E-state index in [0.717, 1.165) is 30.9 Å². The molecule has 5 nitrogen and oxygen atoms in total. The minimum absolute atomic E-state index is 0.0499. The van der Waals surface area contributed by atoms with Crippen molar-refractivity contribution >= 4 is 21.6 Å². The summed E-state index contributed by atoms with van der Waals surface area (Å²) in [7, 11) is -3.36. The number of halogens is 2. The van der Waals surface area contributed by atoms with Crippen molar-refractivity contribution in [3.05, 3.63) is 65.2 Å². The highest BCUT2D eigenvalue weighted by atomic mass is 32.2. The Hall–Kier alpha value is -2.32. The van der Waals surface area contributed by atoms with Crippen LogP contribution in [-0.2, 0) is 10.0 Å². The molecule has 2 N–H and O–H groups in total. The lowest BCUT2D eigenvalue weighted by Gasteiger charge is -2.23. The van der Waals surface area contributed by atoms with Gasteiger partial charge in [0.05, 0.1) is 10.8 Å². The van der Waals surface area contributed by atoms with Gasteiger partial charge in [-0.15, -0.1) is 0 Å². The first-order valence-electron chi connectivity index (χ1n) is 9.55. The predicted octanol–water partition coefficient (Wildman–Crippen LogP) is 4.18. The molecular weight excluding hydrogens is 398 g/mol. The molecule has 0 saturated heterocycles. The van der Waals surface area contributed by atoms with Crippen molar-refractivity contribution < 1.29 is 22.0 Å². The van der Waals surface area contributed by atoms with E-state index in [-0.39, 0.29) is 17.5 Å². The molecule has 2 unspecified atom stereocenters. The van der Waals surface area contributed by atoms with Gasteiger partial charge in [-0.3, -0.25) is 4.79 Å².